The molecule has 3 amide bonds. The number of unbranched alkanes of at least 4 members (excludes halogenated alkanes) is 9. The number of benzene rings is 2. The van der Waals surface area contributed by atoms with Gasteiger partial charge >= 0.3 is 18.1 Å². The Hall–Kier alpha value is -3.81. The van der Waals surface area contributed by atoms with E-state index in [0.29, 0.717) is 19.7 Å². The van der Waals surface area contributed by atoms with Gasteiger partial charge in [-0.05, 0) is 55.4 Å². The van der Waals surface area contributed by atoms with E-state index in [2.05, 4.69) is 70.0 Å². The van der Waals surface area contributed by atoms with Crippen molar-refractivity contribution in [2.45, 2.75) is 111 Å². The second-order valence-electron chi connectivity index (χ2n) is 13.1. The van der Waals surface area contributed by atoms with Crippen LogP contribution in [0.3, 0.4) is 0 Å². The van der Waals surface area contributed by atoms with E-state index in [1.165, 1.54) is 42.4 Å². The molecule has 0 saturated heterocycles. The average molecular weight is 636 g/mol. The number of carbonyl (C=O) groups excluding carboxylic acids is 3. The average Bonchev–Trinajstić information content (AvgIpc) is 3.00. The number of amides is 3. The van der Waals surface area contributed by atoms with E-state index in [-0.39, 0.29) is 24.6 Å². The summed E-state index contributed by atoms with van der Waals surface area (Å²) >= 11 is 0. The molecule has 0 atom stereocenters. The molecule has 2 rings (SSSR count). The molecule has 254 valence electrons. The van der Waals surface area contributed by atoms with Crippen LogP contribution in [-0.2, 0) is 26.2 Å². The van der Waals surface area contributed by atoms with Crippen molar-refractivity contribution in [3.05, 3.63) is 77.4 Å². The highest BCUT2D eigenvalue weighted by molar-refractivity contribution is 5.84. The Kier molecular flexibility index (Phi) is 17.6. The van der Waals surface area contributed by atoms with Crippen LogP contribution in [0.4, 0.5) is 15.3 Å². The first-order chi connectivity index (χ1) is 22.0. The van der Waals surface area contributed by atoms with Gasteiger partial charge in [-0.1, -0.05) is 120 Å². The topological polar surface area (TPSA) is 97.0 Å². The summed E-state index contributed by atoms with van der Waals surface area (Å²) in [5, 5.41) is 5.67. The van der Waals surface area contributed by atoms with Gasteiger partial charge in [-0.2, -0.15) is 0 Å². The molecule has 2 aromatic rings. The highest BCUT2D eigenvalue weighted by Crippen LogP contribution is 2.23. The Labute approximate surface area is 277 Å². The zero-order chi connectivity index (χ0) is 33.8. The number of nitrogens with zero attached hydrogens (tertiary/aromatic N) is 1. The van der Waals surface area contributed by atoms with Crippen LogP contribution in [0.2, 0.25) is 0 Å². The normalized spacial score (nSPS) is 11.1. The Balaban J connectivity index is 1.55. The van der Waals surface area contributed by atoms with Gasteiger partial charge in [0.2, 0.25) is 0 Å². The maximum atomic E-state index is 12.9. The van der Waals surface area contributed by atoms with Gasteiger partial charge < -0.3 is 19.7 Å². The fourth-order valence-electron chi connectivity index (χ4n) is 5.30. The van der Waals surface area contributed by atoms with Gasteiger partial charge in [0.05, 0.1) is 13.2 Å². The first-order valence-electron chi connectivity index (χ1n) is 16.9. The van der Waals surface area contributed by atoms with Gasteiger partial charge in [-0.3, -0.25) is 5.32 Å². The minimum absolute atomic E-state index is 0.0814. The summed E-state index contributed by atoms with van der Waals surface area (Å²) in [5.41, 5.74) is 5.53. The van der Waals surface area contributed by atoms with E-state index in [0.717, 1.165) is 55.9 Å². The summed E-state index contributed by atoms with van der Waals surface area (Å²) < 4.78 is 10.3. The highest BCUT2D eigenvalue weighted by atomic mass is 16.5. The summed E-state index contributed by atoms with van der Waals surface area (Å²) in [6.07, 6.45) is 11.8. The molecule has 8 heteroatoms. The van der Waals surface area contributed by atoms with E-state index in [1.807, 2.05) is 29.2 Å². The molecule has 0 aromatic heterocycles. The van der Waals surface area contributed by atoms with Crippen LogP contribution in [0.1, 0.15) is 107 Å². The van der Waals surface area contributed by atoms with E-state index < -0.39 is 12.1 Å². The zero-order valence-corrected chi connectivity index (χ0v) is 28.9. The number of esters is 1. The van der Waals surface area contributed by atoms with Crippen molar-refractivity contribution < 1.29 is 23.9 Å². The van der Waals surface area contributed by atoms with Crippen LogP contribution in [0, 0.1) is 13.8 Å². The predicted molar refractivity (Wildman–Crippen MR) is 187 cm³/mol. The minimum Gasteiger partial charge on any atom is -0.461 e. The molecule has 46 heavy (non-hydrogen) atoms. The number of nitrogens with one attached hydrogen (secondary N) is 2. The Morgan fingerprint density at radius 1 is 0.783 bits per heavy atom. The van der Waals surface area contributed by atoms with Crippen molar-refractivity contribution in [3.8, 4) is 0 Å². The minimum atomic E-state index is -0.494. The molecule has 2 N–H and O–H groups in total. The number of hydrogen-bond donors (Lipinski definition) is 2. The maximum absolute atomic E-state index is 12.9. The second kappa shape index (κ2) is 21.1. The van der Waals surface area contributed by atoms with Crippen molar-refractivity contribution in [2.75, 3.05) is 31.6 Å². The molecule has 0 aliphatic heterocycles. The standard InChI is InChI=1S/C38H57N3O5/c1-7-35(42)45-25-22-39-36(43)41(29-32-27-30(2)26-31(3)28-32)23-16-14-12-10-8-9-11-13-15-17-24-46-37(44)40-34-20-18-33(19-21-34)38(4,5)6/h7,18-21,26-28H,1,8-17,22-25,29H2,2-6H3,(H,39,43)(H,40,44). The molecule has 0 aliphatic rings. The van der Waals surface area contributed by atoms with Crippen LogP contribution < -0.4 is 10.6 Å². The highest BCUT2D eigenvalue weighted by Gasteiger charge is 2.15. The molecule has 0 fully saturated rings. The second-order valence-corrected chi connectivity index (χ2v) is 13.1. The third-order valence-corrected chi connectivity index (χ3v) is 7.78. The van der Waals surface area contributed by atoms with Crippen molar-refractivity contribution >= 4 is 23.8 Å². The van der Waals surface area contributed by atoms with Crippen molar-refractivity contribution in [1.29, 1.82) is 0 Å². The van der Waals surface area contributed by atoms with Gasteiger partial charge in [0.15, 0.2) is 0 Å². The third kappa shape index (κ3) is 16.5. The summed E-state index contributed by atoms with van der Waals surface area (Å²) in [4.78, 5) is 38.1. The Bertz CT molecular complexity index is 1200. The van der Waals surface area contributed by atoms with Crippen LogP contribution in [0.5, 0.6) is 0 Å². The van der Waals surface area contributed by atoms with Crippen LogP contribution >= 0.6 is 0 Å². The number of rotatable bonds is 20. The monoisotopic (exact) mass is 635 g/mol. The summed E-state index contributed by atoms with van der Waals surface area (Å²) in [5.74, 6) is -0.494. The van der Waals surface area contributed by atoms with E-state index in [1.54, 1.807) is 0 Å². The lowest BCUT2D eigenvalue weighted by atomic mass is 9.87. The lowest BCUT2D eigenvalue weighted by molar-refractivity contribution is -0.137. The third-order valence-electron chi connectivity index (χ3n) is 7.78. The number of aryl methyl sites for hydroxylation is 2. The molecular weight excluding hydrogens is 578 g/mol. The zero-order valence-electron chi connectivity index (χ0n) is 28.9. The van der Waals surface area contributed by atoms with Crippen LogP contribution in [-0.4, -0.2) is 49.3 Å². The molecule has 0 heterocycles. The SMILES string of the molecule is C=CC(=O)OCCNC(=O)N(CCCCCCCCCCCCOC(=O)Nc1ccc(C(C)(C)C)cc1)Cc1cc(C)cc(C)c1. The molecule has 0 unspecified atom stereocenters. The molecule has 2 aromatic carbocycles. The summed E-state index contributed by atoms with van der Waals surface area (Å²) in [6.45, 7) is 16.0. The molecule has 0 saturated carbocycles. The quantitative estimate of drug-likeness (QED) is 0.0860. The number of anilines is 1. The largest absolute Gasteiger partial charge is 0.461 e. The lowest BCUT2D eigenvalue weighted by Crippen LogP contribution is -2.41. The molecule has 0 radical (unpaired) electrons. The number of carbonyl (C=O) groups is 3. The van der Waals surface area contributed by atoms with Gasteiger partial charge in [0.25, 0.3) is 0 Å². The van der Waals surface area contributed by atoms with E-state index >= 15 is 0 Å². The lowest BCUT2D eigenvalue weighted by Gasteiger charge is -2.24. The molecule has 0 spiro atoms. The van der Waals surface area contributed by atoms with Crippen molar-refractivity contribution in [3.63, 3.8) is 0 Å². The Morgan fingerprint density at radius 2 is 1.35 bits per heavy atom. The first kappa shape index (κ1) is 38.4. The number of hydrogen-bond acceptors (Lipinski definition) is 5. The fourth-order valence-corrected chi connectivity index (χ4v) is 5.30. The van der Waals surface area contributed by atoms with Gasteiger partial charge in [-0.25, -0.2) is 14.4 Å². The van der Waals surface area contributed by atoms with Gasteiger partial charge in [-0.15, -0.1) is 0 Å². The van der Waals surface area contributed by atoms with Crippen LogP contribution in [0.25, 0.3) is 0 Å². The smallest absolute Gasteiger partial charge is 0.411 e. The van der Waals surface area contributed by atoms with Crippen LogP contribution in [0.15, 0.2) is 55.1 Å². The molecule has 0 aliphatic carbocycles. The summed E-state index contributed by atoms with van der Waals surface area (Å²) in [7, 11) is 0. The maximum Gasteiger partial charge on any atom is 0.411 e. The fraction of sp³-hybridized carbons (Fsp3) is 0.553. The predicted octanol–water partition coefficient (Wildman–Crippen LogP) is 8.99. The van der Waals surface area contributed by atoms with Gasteiger partial charge in [0, 0.05) is 24.9 Å². The van der Waals surface area contributed by atoms with Gasteiger partial charge in [0.1, 0.15) is 6.61 Å². The molecule has 8 nitrogen and oxygen atoms in total. The molecule has 0 bridgehead atoms. The summed E-state index contributed by atoms with van der Waals surface area (Å²) in [6, 6.07) is 14.1. The number of ether oxygens (including phenoxy) is 2. The molecular formula is C38H57N3O5. The van der Waals surface area contributed by atoms with Crippen molar-refractivity contribution in [1.82, 2.24) is 10.2 Å². The van der Waals surface area contributed by atoms with E-state index in [9.17, 15) is 14.4 Å². The number of urea groups is 1. The first-order valence-corrected chi connectivity index (χ1v) is 16.9. The van der Waals surface area contributed by atoms with Crippen molar-refractivity contribution in [2.24, 2.45) is 0 Å². The van der Waals surface area contributed by atoms with E-state index in [4.69, 9.17) is 9.47 Å². The Morgan fingerprint density at radius 3 is 1.91 bits per heavy atom.